The second-order valence-corrected chi connectivity index (χ2v) is 15.6. The third kappa shape index (κ3) is 28.4. The Morgan fingerprint density at radius 2 is 1.38 bits per heavy atom. The smallest absolute Gasteiger partial charge is 0.462 e. The van der Waals surface area contributed by atoms with Crippen LogP contribution in [-0.4, -0.2) is 69.2 Å². The molecule has 55 heavy (non-hydrogen) atoms. The molecule has 0 amide bonds. The Labute approximate surface area is 330 Å². The standard InChI is InChI=1S/C43H71O11P/c1-3-5-7-8-9-10-11-12-13-14-15-16-17-18-19-20-26-30-43(48)54-37(35-53-55(49,50)51)34-52-42(47)29-25-22-21-24-28-38-39(41(46)33-40(38)45)32-31-36(44)27-23-6-4-2/h5,7,9-10,12-13,15-16,31-32,36-40,44-45H,3-4,6,8,11,14,17-30,33-35H2,1-2H3,(H2,49,50,51)/b7-5-,10-9-,13-12-,16-15-,32-31+/t36-,37+,38+,39+,40-/m0/s1. The Bertz CT molecular complexity index is 1230. The van der Waals surface area contributed by atoms with Gasteiger partial charge in [-0.05, 0) is 70.1 Å². The van der Waals surface area contributed by atoms with E-state index in [1.165, 1.54) is 0 Å². The van der Waals surface area contributed by atoms with Gasteiger partial charge in [0, 0.05) is 25.2 Å². The minimum atomic E-state index is -4.82. The van der Waals surface area contributed by atoms with Crippen molar-refractivity contribution in [3.63, 3.8) is 0 Å². The van der Waals surface area contributed by atoms with Gasteiger partial charge in [0.2, 0.25) is 0 Å². The molecule has 0 spiro atoms. The summed E-state index contributed by atoms with van der Waals surface area (Å²) >= 11 is 0. The van der Waals surface area contributed by atoms with Crippen LogP contribution in [0, 0.1) is 11.8 Å². The highest BCUT2D eigenvalue weighted by Crippen LogP contribution is 2.36. The van der Waals surface area contributed by atoms with Crippen molar-refractivity contribution in [3.05, 3.63) is 60.8 Å². The molecular formula is C43H71O11P. The highest BCUT2D eigenvalue weighted by molar-refractivity contribution is 7.46. The van der Waals surface area contributed by atoms with E-state index in [2.05, 4.69) is 67.0 Å². The Balaban J connectivity index is 2.29. The molecule has 1 rings (SSSR count). The van der Waals surface area contributed by atoms with E-state index in [1.807, 2.05) is 0 Å². The summed E-state index contributed by atoms with van der Waals surface area (Å²) in [6.07, 6.45) is 34.2. The Hall–Kier alpha value is -2.66. The van der Waals surface area contributed by atoms with Gasteiger partial charge in [-0.2, -0.15) is 0 Å². The molecule has 0 heterocycles. The molecule has 11 nitrogen and oxygen atoms in total. The average Bonchev–Trinajstić information content (AvgIpc) is 3.41. The highest BCUT2D eigenvalue weighted by atomic mass is 31.2. The number of allylic oxidation sites excluding steroid dienone is 9. The lowest BCUT2D eigenvalue weighted by molar-refractivity contribution is -0.161. The predicted molar refractivity (Wildman–Crippen MR) is 217 cm³/mol. The first kappa shape index (κ1) is 50.4. The second kappa shape index (κ2) is 32.4. The number of rotatable bonds is 33. The number of Topliss-reactive ketones (excluding diaryl/α,β-unsaturated/α-hetero) is 1. The van der Waals surface area contributed by atoms with Gasteiger partial charge < -0.3 is 29.5 Å². The molecule has 0 aromatic rings. The van der Waals surface area contributed by atoms with Crippen LogP contribution in [0.3, 0.4) is 0 Å². The molecule has 1 aliphatic rings. The van der Waals surface area contributed by atoms with Crippen LogP contribution >= 0.6 is 7.82 Å². The molecule has 0 aromatic heterocycles. The lowest BCUT2D eigenvalue weighted by atomic mass is 9.88. The summed E-state index contributed by atoms with van der Waals surface area (Å²) in [6.45, 7) is 3.24. The van der Waals surface area contributed by atoms with E-state index < -0.39 is 50.6 Å². The molecule has 314 valence electrons. The van der Waals surface area contributed by atoms with Crippen LogP contribution in [0.5, 0.6) is 0 Å². The topological polar surface area (TPSA) is 177 Å². The normalized spacial score (nSPS) is 19.2. The second-order valence-electron chi connectivity index (χ2n) is 14.4. The van der Waals surface area contributed by atoms with Gasteiger partial charge in [0.15, 0.2) is 6.10 Å². The number of ether oxygens (including phenoxy) is 2. The van der Waals surface area contributed by atoms with Crippen molar-refractivity contribution in [1.82, 2.24) is 0 Å². The molecule has 0 bridgehead atoms. The molecule has 1 aliphatic carbocycles. The number of carbonyl (C=O) groups excluding carboxylic acids is 3. The summed E-state index contributed by atoms with van der Waals surface area (Å²) in [5.74, 6) is -1.66. The zero-order chi connectivity index (χ0) is 40.6. The van der Waals surface area contributed by atoms with Gasteiger partial charge in [0.25, 0.3) is 0 Å². The number of phosphoric acid groups is 1. The average molecular weight is 795 g/mol. The number of aliphatic hydroxyl groups is 2. The SMILES string of the molecule is CC/C=C\C/C=C\C/C=C\C/C=C\CCCCCCC(=O)O[C@H](COC(=O)CCCCCC[C@H]1[C@@H](O)CC(=O)[C@@H]1/C=C/[C@@H](O)CCCCC)COP(=O)(O)O. The molecule has 4 N–H and O–H groups in total. The number of ketones is 1. The molecule has 1 fully saturated rings. The molecule has 12 heteroatoms. The molecule has 0 aromatic carbocycles. The number of hydrogen-bond acceptors (Lipinski definition) is 9. The summed E-state index contributed by atoms with van der Waals surface area (Å²) in [4.78, 5) is 55.5. The van der Waals surface area contributed by atoms with Crippen molar-refractivity contribution in [2.45, 2.75) is 167 Å². The van der Waals surface area contributed by atoms with Crippen LogP contribution in [0.15, 0.2) is 60.8 Å². The first-order valence-corrected chi connectivity index (χ1v) is 22.2. The number of phosphoric ester groups is 1. The van der Waals surface area contributed by atoms with Crippen molar-refractivity contribution < 1.29 is 52.9 Å². The van der Waals surface area contributed by atoms with Crippen molar-refractivity contribution >= 4 is 25.5 Å². The Morgan fingerprint density at radius 1 is 0.782 bits per heavy atom. The number of aliphatic hydroxyl groups excluding tert-OH is 2. The minimum Gasteiger partial charge on any atom is -0.462 e. The van der Waals surface area contributed by atoms with Gasteiger partial charge in [-0.1, -0.05) is 126 Å². The van der Waals surface area contributed by atoms with Crippen molar-refractivity contribution in [3.8, 4) is 0 Å². The van der Waals surface area contributed by atoms with E-state index in [4.69, 9.17) is 19.3 Å². The lowest BCUT2D eigenvalue weighted by Gasteiger charge is -2.19. The van der Waals surface area contributed by atoms with Gasteiger partial charge >= 0.3 is 19.8 Å². The largest absolute Gasteiger partial charge is 0.469 e. The first-order valence-electron chi connectivity index (χ1n) is 20.7. The van der Waals surface area contributed by atoms with Gasteiger partial charge in [-0.25, -0.2) is 4.57 Å². The van der Waals surface area contributed by atoms with Crippen molar-refractivity contribution in [2.24, 2.45) is 11.8 Å². The molecule has 1 saturated carbocycles. The molecule has 0 radical (unpaired) electrons. The fourth-order valence-corrected chi connectivity index (χ4v) is 6.69. The van der Waals surface area contributed by atoms with E-state index in [9.17, 15) is 29.2 Å². The van der Waals surface area contributed by atoms with E-state index in [0.29, 0.717) is 25.7 Å². The number of esters is 2. The van der Waals surface area contributed by atoms with Crippen LogP contribution in [0.4, 0.5) is 0 Å². The Kier molecular flexibility index (Phi) is 29.7. The maximum absolute atomic E-state index is 12.5. The molecule has 5 atom stereocenters. The van der Waals surface area contributed by atoms with E-state index in [1.54, 1.807) is 12.2 Å². The first-order chi connectivity index (χ1) is 26.5. The predicted octanol–water partition coefficient (Wildman–Crippen LogP) is 9.10. The van der Waals surface area contributed by atoms with Crippen LogP contribution in [-0.2, 0) is 32.9 Å². The number of unbranched alkanes of at least 4 members (excludes halogenated alkanes) is 9. The van der Waals surface area contributed by atoms with Crippen molar-refractivity contribution in [1.29, 1.82) is 0 Å². The summed E-state index contributed by atoms with van der Waals surface area (Å²) < 4.78 is 26.4. The fourth-order valence-electron chi connectivity index (χ4n) is 6.33. The van der Waals surface area contributed by atoms with Crippen LogP contribution in [0.2, 0.25) is 0 Å². The number of carbonyl (C=O) groups is 3. The third-order valence-electron chi connectivity index (χ3n) is 9.43. The third-order valence-corrected chi connectivity index (χ3v) is 9.91. The van der Waals surface area contributed by atoms with E-state index in [0.717, 1.165) is 89.9 Å². The maximum atomic E-state index is 12.5. The molecule has 0 saturated heterocycles. The molecule has 0 aliphatic heterocycles. The summed E-state index contributed by atoms with van der Waals surface area (Å²) in [7, 11) is -4.82. The molecule has 0 unspecified atom stereocenters. The lowest BCUT2D eigenvalue weighted by Crippen LogP contribution is -2.29. The van der Waals surface area contributed by atoms with Crippen LogP contribution in [0.25, 0.3) is 0 Å². The van der Waals surface area contributed by atoms with Crippen molar-refractivity contribution in [2.75, 3.05) is 13.2 Å². The van der Waals surface area contributed by atoms with Gasteiger partial charge in [0.05, 0.1) is 18.8 Å². The van der Waals surface area contributed by atoms with Gasteiger partial charge in [-0.15, -0.1) is 0 Å². The van der Waals surface area contributed by atoms with Crippen LogP contribution in [0.1, 0.15) is 149 Å². The van der Waals surface area contributed by atoms with E-state index in [-0.39, 0.29) is 37.6 Å². The minimum absolute atomic E-state index is 0.00313. The fraction of sp³-hybridized carbons (Fsp3) is 0.698. The zero-order valence-electron chi connectivity index (χ0n) is 33.5. The highest BCUT2D eigenvalue weighted by Gasteiger charge is 2.39. The van der Waals surface area contributed by atoms with E-state index >= 15 is 0 Å². The summed E-state index contributed by atoms with van der Waals surface area (Å²) in [6, 6.07) is 0. The van der Waals surface area contributed by atoms with Gasteiger partial charge in [-0.3, -0.25) is 18.9 Å². The maximum Gasteiger partial charge on any atom is 0.469 e. The summed E-state index contributed by atoms with van der Waals surface area (Å²) in [5, 5.41) is 20.7. The summed E-state index contributed by atoms with van der Waals surface area (Å²) in [5.41, 5.74) is 0. The monoisotopic (exact) mass is 794 g/mol. The molecular weight excluding hydrogens is 723 g/mol. The van der Waals surface area contributed by atoms with Gasteiger partial charge in [0.1, 0.15) is 12.4 Å². The zero-order valence-corrected chi connectivity index (χ0v) is 34.4. The quantitative estimate of drug-likeness (QED) is 0.0216. The number of hydrogen-bond donors (Lipinski definition) is 4. The Morgan fingerprint density at radius 3 is 2.02 bits per heavy atom. The van der Waals surface area contributed by atoms with Crippen LogP contribution < -0.4 is 0 Å².